The van der Waals surface area contributed by atoms with E-state index in [4.69, 9.17) is 9.47 Å². The van der Waals surface area contributed by atoms with Crippen molar-refractivity contribution in [1.82, 2.24) is 5.43 Å². The Morgan fingerprint density at radius 3 is 2.76 bits per heavy atom. The summed E-state index contributed by atoms with van der Waals surface area (Å²) in [6.45, 7) is 4.01. The van der Waals surface area contributed by atoms with Crippen LogP contribution in [-0.2, 0) is 9.53 Å². The number of carbonyl (C=O) groups excluding carboxylic acids is 1. The quantitative estimate of drug-likeness (QED) is 0.414. The lowest BCUT2D eigenvalue weighted by Crippen LogP contribution is -2.26. The molecule has 2 rings (SSSR count). The molecule has 2 aromatic rings. The summed E-state index contributed by atoms with van der Waals surface area (Å²) in [5.41, 5.74) is 3.98. The Hall–Kier alpha value is -2.44. The molecule has 1 N–H and O–H groups in total. The molecule has 0 bridgehead atoms. The molecule has 0 saturated heterocycles. The molecule has 0 aliphatic carbocycles. The maximum Gasteiger partial charge on any atom is 0.273 e. The first-order valence-electron chi connectivity index (χ1n) is 7.59. The van der Waals surface area contributed by atoms with Crippen LogP contribution in [0, 0.1) is 0 Å². The van der Waals surface area contributed by atoms with Crippen molar-refractivity contribution in [3.05, 3.63) is 76.8 Å². The average molecular weight is 403 g/mol. The van der Waals surface area contributed by atoms with Crippen LogP contribution in [-0.4, -0.2) is 25.8 Å². The van der Waals surface area contributed by atoms with Crippen molar-refractivity contribution in [3.63, 3.8) is 0 Å². The van der Waals surface area contributed by atoms with Crippen LogP contribution >= 0.6 is 15.9 Å². The summed E-state index contributed by atoms with van der Waals surface area (Å²) in [5, 5.41) is 4.01. The van der Waals surface area contributed by atoms with Gasteiger partial charge in [0, 0.05) is 17.1 Å². The van der Waals surface area contributed by atoms with E-state index in [2.05, 4.69) is 33.0 Å². The number of rotatable bonds is 8. The maximum atomic E-state index is 12.3. The first-order chi connectivity index (χ1) is 12.2. The van der Waals surface area contributed by atoms with Crippen LogP contribution in [0.1, 0.15) is 17.2 Å². The molecule has 5 nitrogen and oxygen atoms in total. The molecular formula is C19H19BrN2O3. The summed E-state index contributed by atoms with van der Waals surface area (Å²) >= 11 is 3.41. The molecule has 2 aromatic carbocycles. The largest absolute Gasteiger partial charge is 0.489 e. The molecule has 1 amide bonds. The number of hydrazone groups is 1. The van der Waals surface area contributed by atoms with Crippen molar-refractivity contribution in [3.8, 4) is 5.75 Å². The van der Waals surface area contributed by atoms with Gasteiger partial charge < -0.3 is 9.47 Å². The number of halogens is 1. The summed E-state index contributed by atoms with van der Waals surface area (Å²) < 4.78 is 11.7. The first kappa shape index (κ1) is 18.9. The summed E-state index contributed by atoms with van der Waals surface area (Å²) in [6.07, 6.45) is 2.46. The molecule has 1 atom stereocenters. The lowest BCUT2D eigenvalue weighted by molar-refractivity contribution is -0.131. The molecule has 6 heteroatoms. The Kier molecular flexibility index (Phi) is 7.37. The summed E-state index contributed by atoms with van der Waals surface area (Å²) in [4.78, 5) is 12.3. The van der Waals surface area contributed by atoms with Crippen molar-refractivity contribution in [2.45, 2.75) is 6.10 Å². The molecule has 0 aliphatic heterocycles. The molecule has 0 fully saturated rings. The van der Waals surface area contributed by atoms with Gasteiger partial charge in [-0.05, 0) is 23.8 Å². The van der Waals surface area contributed by atoms with Gasteiger partial charge in [-0.15, -0.1) is 0 Å². The van der Waals surface area contributed by atoms with Gasteiger partial charge >= 0.3 is 0 Å². The number of nitrogens with zero attached hydrogens (tertiary/aromatic N) is 1. The summed E-state index contributed by atoms with van der Waals surface area (Å²) in [7, 11) is 1.48. The van der Waals surface area contributed by atoms with E-state index in [9.17, 15) is 4.79 Å². The van der Waals surface area contributed by atoms with Gasteiger partial charge in [0.25, 0.3) is 5.91 Å². The molecule has 0 radical (unpaired) electrons. The van der Waals surface area contributed by atoms with E-state index in [1.807, 2.05) is 48.5 Å². The topological polar surface area (TPSA) is 59.9 Å². The standard InChI is InChI=1S/C19H19BrN2O3/c1-3-11-25-17-10-9-16(20)12-15(17)13-21-22-19(23)18(24-2)14-7-5-4-6-8-14/h3-10,12-13,18H,1,11H2,2H3,(H,22,23)/b21-13-/t18-/m1/s1. The van der Waals surface area contributed by atoms with E-state index in [-0.39, 0.29) is 5.91 Å². The van der Waals surface area contributed by atoms with Crippen molar-refractivity contribution < 1.29 is 14.3 Å². The third-order valence-electron chi connectivity index (χ3n) is 3.28. The zero-order valence-electron chi connectivity index (χ0n) is 13.8. The Labute approximate surface area is 155 Å². The molecule has 0 unspecified atom stereocenters. The second-order valence-electron chi connectivity index (χ2n) is 5.04. The van der Waals surface area contributed by atoms with E-state index in [0.717, 1.165) is 15.6 Å². The predicted molar refractivity (Wildman–Crippen MR) is 102 cm³/mol. The van der Waals surface area contributed by atoms with Gasteiger partial charge in [0.15, 0.2) is 6.10 Å². The number of methoxy groups -OCH3 is 1. The Bertz CT molecular complexity index is 748. The van der Waals surface area contributed by atoms with Crippen molar-refractivity contribution in [2.24, 2.45) is 5.10 Å². The van der Waals surface area contributed by atoms with Gasteiger partial charge in [-0.2, -0.15) is 5.10 Å². The number of ether oxygens (including phenoxy) is 2. The van der Waals surface area contributed by atoms with E-state index in [0.29, 0.717) is 12.4 Å². The molecule has 0 saturated carbocycles. The van der Waals surface area contributed by atoms with Crippen LogP contribution in [0.25, 0.3) is 0 Å². The predicted octanol–water partition coefficient (Wildman–Crippen LogP) is 3.85. The summed E-state index contributed by atoms with van der Waals surface area (Å²) in [5.74, 6) is 0.293. The maximum absolute atomic E-state index is 12.3. The minimum atomic E-state index is -0.725. The molecule has 0 heterocycles. The zero-order chi connectivity index (χ0) is 18.1. The molecule has 25 heavy (non-hydrogen) atoms. The highest BCUT2D eigenvalue weighted by Gasteiger charge is 2.19. The molecule has 0 aromatic heterocycles. The smallest absolute Gasteiger partial charge is 0.273 e. The van der Waals surface area contributed by atoms with Crippen LogP contribution in [0.2, 0.25) is 0 Å². The highest BCUT2D eigenvalue weighted by molar-refractivity contribution is 9.10. The second-order valence-corrected chi connectivity index (χ2v) is 5.96. The Balaban J connectivity index is 2.08. The van der Waals surface area contributed by atoms with E-state index < -0.39 is 6.10 Å². The number of nitrogens with one attached hydrogen (secondary N) is 1. The number of hydrogen-bond donors (Lipinski definition) is 1. The van der Waals surface area contributed by atoms with Crippen molar-refractivity contribution in [1.29, 1.82) is 0 Å². The van der Waals surface area contributed by atoms with Gasteiger partial charge in [0.1, 0.15) is 12.4 Å². The van der Waals surface area contributed by atoms with Gasteiger partial charge in [0.2, 0.25) is 0 Å². The fourth-order valence-electron chi connectivity index (χ4n) is 2.15. The summed E-state index contributed by atoms with van der Waals surface area (Å²) in [6, 6.07) is 14.8. The van der Waals surface area contributed by atoms with E-state index in [1.165, 1.54) is 13.3 Å². The fraction of sp³-hybridized carbons (Fsp3) is 0.158. The highest BCUT2D eigenvalue weighted by Crippen LogP contribution is 2.22. The fourth-order valence-corrected chi connectivity index (χ4v) is 2.53. The molecule has 130 valence electrons. The van der Waals surface area contributed by atoms with Gasteiger partial charge in [-0.1, -0.05) is 58.9 Å². The highest BCUT2D eigenvalue weighted by atomic mass is 79.9. The van der Waals surface area contributed by atoms with Crippen LogP contribution in [0.15, 0.2) is 70.8 Å². The third kappa shape index (κ3) is 5.55. The minimum absolute atomic E-state index is 0.353. The van der Waals surface area contributed by atoms with Crippen LogP contribution in [0.5, 0.6) is 5.75 Å². The van der Waals surface area contributed by atoms with Gasteiger partial charge in [-0.25, -0.2) is 5.43 Å². The van der Waals surface area contributed by atoms with E-state index in [1.54, 1.807) is 6.08 Å². The Morgan fingerprint density at radius 1 is 1.32 bits per heavy atom. The second kappa shape index (κ2) is 9.76. The number of carbonyl (C=O) groups is 1. The monoisotopic (exact) mass is 402 g/mol. The number of hydrogen-bond acceptors (Lipinski definition) is 4. The van der Waals surface area contributed by atoms with Crippen LogP contribution in [0.4, 0.5) is 0 Å². The Morgan fingerprint density at radius 2 is 2.08 bits per heavy atom. The average Bonchev–Trinajstić information content (AvgIpc) is 2.62. The minimum Gasteiger partial charge on any atom is -0.489 e. The molecule has 0 aliphatic rings. The van der Waals surface area contributed by atoms with Gasteiger partial charge in [0.05, 0.1) is 6.21 Å². The molecule has 0 spiro atoms. The van der Waals surface area contributed by atoms with Crippen molar-refractivity contribution >= 4 is 28.1 Å². The van der Waals surface area contributed by atoms with Crippen LogP contribution < -0.4 is 10.2 Å². The third-order valence-corrected chi connectivity index (χ3v) is 3.78. The van der Waals surface area contributed by atoms with Crippen LogP contribution in [0.3, 0.4) is 0 Å². The zero-order valence-corrected chi connectivity index (χ0v) is 15.4. The lowest BCUT2D eigenvalue weighted by Gasteiger charge is -2.13. The lowest BCUT2D eigenvalue weighted by atomic mass is 10.1. The number of benzene rings is 2. The first-order valence-corrected chi connectivity index (χ1v) is 8.39. The number of amides is 1. The molecular weight excluding hydrogens is 384 g/mol. The SMILES string of the molecule is C=CCOc1ccc(Br)cc1/C=N\NC(=O)[C@H](OC)c1ccccc1. The van der Waals surface area contributed by atoms with Crippen molar-refractivity contribution in [2.75, 3.05) is 13.7 Å². The van der Waals surface area contributed by atoms with Gasteiger partial charge in [-0.3, -0.25) is 4.79 Å². The van der Waals surface area contributed by atoms with E-state index >= 15 is 0 Å². The normalized spacial score (nSPS) is 11.9.